The lowest BCUT2D eigenvalue weighted by molar-refractivity contribution is 0.412. The number of rotatable bonds is 4. The van der Waals surface area contributed by atoms with Gasteiger partial charge in [-0.3, -0.25) is 0 Å². The monoisotopic (exact) mass is 956 g/mol. The molecule has 12 bridgehead atoms. The summed E-state index contributed by atoms with van der Waals surface area (Å²) in [6.45, 7) is 0. The quantitative estimate of drug-likeness (QED) is 0.157. The van der Waals surface area contributed by atoms with Crippen LogP contribution in [0.3, 0.4) is 0 Å². The Balaban J connectivity index is 1.12. The summed E-state index contributed by atoms with van der Waals surface area (Å²) in [5.41, 5.74) is 4.15. The second-order valence-electron chi connectivity index (χ2n) is 17.1. The number of hydrogen-bond acceptors (Lipinski definition) is 12. The van der Waals surface area contributed by atoms with Crippen molar-refractivity contribution in [3.8, 4) is 46.0 Å². The minimum Gasteiger partial charge on any atom is -0.427 e. The molecule has 336 valence electrons. The van der Waals surface area contributed by atoms with Crippen molar-refractivity contribution in [2.45, 2.75) is 12.8 Å². The van der Waals surface area contributed by atoms with E-state index in [4.69, 9.17) is 36.2 Å². The molecule has 12 nitrogen and oxygen atoms in total. The molecule has 0 N–H and O–H groups in total. The van der Waals surface area contributed by atoms with Crippen molar-refractivity contribution in [2.24, 2.45) is 0 Å². The Morgan fingerprint density at radius 2 is 0.500 bits per heavy atom. The Morgan fingerprint density at radius 3 is 0.727 bits per heavy atom. The molecule has 0 saturated carbocycles. The van der Waals surface area contributed by atoms with Crippen molar-refractivity contribution in [3.05, 3.63) is 144 Å². The number of hydrogen-bond donors (Lipinski definition) is 0. The van der Waals surface area contributed by atoms with Crippen LogP contribution in [-0.4, -0.2) is 75.1 Å². The second kappa shape index (κ2) is 17.4. The molecule has 0 amide bonds. The number of nitrogens with zero attached hydrogens (tertiary/aromatic N) is 4. The fraction of sp³-hybridized carbons (Fsp3) is 0.200. The second-order valence-corrected chi connectivity index (χ2v) is 23.7. The fourth-order valence-electron chi connectivity index (χ4n) is 8.44. The summed E-state index contributed by atoms with van der Waals surface area (Å²) in [5.74, 6) is 5.78. The van der Waals surface area contributed by atoms with Gasteiger partial charge >= 0.3 is 34.1 Å². The van der Waals surface area contributed by atoms with Crippen LogP contribution in [0, 0.1) is 0 Å². The third kappa shape index (κ3) is 8.19. The average Bonchev–Trinajstić information content (AvgIpc) is 3.28. The van der Waals surface area contributed by atoms with Crippen molar-refractivity contribution in [1.82, 2.24) is 18.7 Å². The molecule has 8 aromatic rings. The van der Waals surface area contributed by atoms with Gasteiger partial charge < -0.3 is 36.2 Å². The smallest absolute Gasteiger partial charge is 0.384 e. The molecule has 11 rings (SSSR count). The number of benzene rings is 8. The van der Waals surface area contributed by atoms with Crippen LogP contribution in [0.25, 0.3) is 43.1 Å². The minimum atomic E-state index is -1.60. The molecule has 0 fully saturated rings. The predicted octanol–water partition coefficient (Wildman–Crippen LogP) is 13.4. The molecule has 0 radical (unpaired) electrons. The average molecular weight is 957 g/mol. The molecular weight excluding hydrogens is 908 g/mol. The van der Waals surface area contributed by atoms with Crippen LogP contribution in [0.5, 0.6) is 46.0 Å². The predicted molar refractivity (Wildman–Crippen MR) is 269 cm³/mol. The van der Waals surface area contributed by atoms with Gasteiger partial charge in [0.05, 0.1) is 0 Å². The van der Waals surface area contributed by atoms with Crippen LogP contribution in [0.15, 0.2) is 121 Å². The maximum absolute atomic E-state index is 6.83. The van der Waals surface area contributed by atoms with Crippen LogP contribution in [-0.2, 0) is 12.8 Å². The Hall–Kier alpha value is -5.24. The minimum absolute atomic E-state index is 0.535. The summed E-state index contributed by atoms with van der Waals surface area (Å²) < 4.78 is 62.2. The topological polar surface area (TPSA) is 86.8 Å². The van der Waals surface area contributed by atoms with Crippen molar-refractivity contribution >= 4 is 77.2 Å². The highest BCUT2D eigenvalue weighted by Gasteiger charge is 2.31. The highest BCUT2D eigenvalue weighted by molar-refractivity contribution is 7.46. The van der Waals surface area contributed by atoms with Gasteiger partial charge in [0, 0.05) is 35.1 Å². The maximum atomic E-state index is 6.83. The van der Waals surface area contributed by atoms with Gasteiger partial charge in [0.1, 0.15) is 46.0 Å². The first kappa shape index (κ1) is 43.3. The zero-order valence-electron chi connectivity index (χ0n) is 37.8. The summed E-state index contributed by atoms with van der Waals surface area (Å²) >= 11 is 0. The van der Waals surface area contributed by atoms with E-state index >= 15 is 0 Å². The number of fused-ring (bicyclic) bond motifs is 4. The SMILES string of the molecule is CN(C)P1Oc2ccc3ccc4c(c3c2)Cc2c(ccc3ccc(cc23)OP(N(C)C)Oc2ccc3ccc5c(c3c2)Cc2c(ccc3ccc(cc23)O1)OP(N(C)C)O5)OP(N(C)C)O4. The van der Waals surface area contributed by atoms with Gasteiger partial charge in [-0.1, -0.05) is 48.5 Å². The molecule has 3 aliphatic heterocycles. The zero-order chi connectivity index (χ0) is 45.4. The Labute approximate surface area is 389 Å². The van der Waals surface area contributed by atoms with Crippen molar-refractivity contribution in [3.63, 3.8) is 0 Å². The first-order valence-corrected chi connectivity index (χ1v) is 26.0. The Bertz CT molecular complexity index is 2800. The molecule has 0 aromatic heterocycles. The fourth-order valence-corrected chi connectivity index (χ4v) is 12.4. The molecule has 0 aliphatic carbocycles. The van der Waals surface area contributed by atoms with Crippen molar-refractivity contribution in [1.29, 1.82) is 0 Å². The van der Waals surface area contributed by atoms with Gasteiger partial charge in [0.2, 0.25) is 0 Å². The lowest BCUT2D eigenvalue weighted by atomic mass is 9.93. The molecule has 8 aromatic carbocycles. The Morgan fingerprint density at radius 1 is 0.288 bits per heavy atom. The lowest BCUT2D eigenvalue weighted by Crippen LogP contribution is -2.16. The summed E-state index contributed by atoms with van der Waals surface area (Å²) in [5, 5.41) is 8.34. The molecular formula is C50H48N4O8P4. The van der Waals surface area contributed by atoms with E-state index in [0.29, 0.717) is 35.8 Å². The van der Waals surface area contributed by atoms with Gasteiger partial charge in [-0.25, -0.2) is 18.7 Å². The van der Waals surface area contributed by atoms with Crippen LogP contribution >= 0.6 is 34.1 Å². The normalized spacial score (nSPS) is 19.1. The highest BCUT2D eigenvalue weighted by atomic mass is 31.2. The molecule has 0 atom stereocenters. The lowest BCUT2D eigenvalue weighted by Gasteiger charge is -2.29. The Kier molecular flexibility index (Phi) is 11.5. The molecule has 3 heterocycles. The zero-order valence-corrected chi connectivity index (χ0v) is 41.4. The van der Waals surface area contributed by atoms with E-state index in [2.05, 4.69) is 97.1 Å². The molecule has 0 spiro atoms. The highest BCUT2D eigenvalue weighted by Crippen LogP contribution is 2.54. The van der Waals surface area contributed by atoms with Crippen molar-refractivity contribution < 1.29 is 36.2 Å². The van der Waals surface area contributed by atoms with E-state index in [9.17, 15) is 0 Å². The molecule has 16 heteroatoms. The summed E-state index contributed by atoms with van der Waals surface area (Å²) in [7, 11) is 9.60. The first-order valence-electron chi connectivity index (χ1n) is 21.5. The van der Waals surface area contributed by atoms with E-state index in [1.807, 2.05) is 99.3 Å². The van der Waals surface area contributed by atoms with Crippen LogP contribution in [0.4, 0.5) is 0 Å². The summed E-state index contributed by atoms with van der Waals surface area (Å²) in [4.78, 5) is 0. The van der Waals surface area contributed by atoms with Gasteiger partial charge in [0.15, 0.2) is 0 Å². The van der Waals surface area contributed by atoms with Crippen LogP contribution in [0.2, 0.25) is 0 Å². The van der Waals surface area contributed by atoms with Gasteiger partial charge in [-0.05, 0) is 172 Å². The summed E-state index contributed by atoms with van der Waals surface area (Å²) in [6.07, 6.45) is 1.07. The van der Waals surface area contributed by atoms with Gasteiger partial charge in [-0.15, -0.1) is 0 Å². The van der Waals surface area contributed by atoms with Gasteiger partial charge in [0.25, 0.3) is 0 Å². The largest absolute Gasteiger partial charge is 0.427 e. The van der Waals surface area contributed by atoms with Crippen LogP contribution < -0.4 is 36.2 Å². The third-order valence-corrected chi connectivity index (χ3v) is 17.2. The van der Waals surface area contributed by atoms with Crippen LogP contribution in [0.1, 0.15) is 22.3 Å². The molecule has 66 heavy (non-hydrogen) atoms. The standard InChI is InChI=1S/C50H48N4O8P4/c1-51(2)63-55-35-17-9-31-13-21-47-43(39(31)25-35)29-45-41-27-37(19-11-33(41)15-23-49(45)61-65(59-47)53(5)6)57-64(52(3)4)58-38-20-12-34-16-24-50-46(42(34)28-38)30-44-40-26-36(56-63)18-10-32(40)14-22-48(44)60-66(62-50)54(7)8/h9-28H,29-30H2,1-8H3. The first-order chi connectivity index (χ1) is 31.9. The van der Waals surface area contributed by atoms with E-state index in [0.717, 1.165) is 88.3 Å². The molecule has 3 aliphatic rings. The van der Waals surface area contributed by atoms with Gasteiger partial charge in [-0.2, -0.15) is 0 Å². The molecule has 0 unspecified atom stereocenters. The van der Waals surface area contributed by atoms with E-state index in [1.165, 1.54) is 0 Å². The molecule has 0 saturated heterocycles. The summed E-state index contributed by atoms with van der Waals surface area (Å²) in [6, 6.07) is 41.5. The van der Waals surface area contributed by atoms with E-state index in [1.54, 1.807) is 0 Å². The van der Waals surface area contributed by atoms with E-state index in [-0.39, 0.29) is 0 Å². The maximum Gasteiger partial charge on any atom is 0.384 e. The third-order valence-electron chi connectivity index (χ3n) is 11.7. The van der Waals surface area contributed by atoms with Crippen molar-refractivity contribution in [2.75, 3.05) is 56.4 Å². The van der Waals surface area contributed by atoms with E-state index < -0.39 is 34.1 Å².